The average Bonchev–Trinajstić information content (AvgIpc) is 2.91. The Kier molecular flexibility index (Phi) is 3.23. The molecule has 0 aliphatic heterocycles. The summed E-state index contributed by atoms with van der Waals surface area (Å²) in [6.45, 7) is 1.89. The molecule has 1 heterocycles. The summed E-state index contributed by atoms with van der Waals surface area (Å²) in [4.78, 5) is 13.8. The molecule has 0 radical (unpaired) electrons. The maximum absolute atomic E-state index is 12.3. The number of amides is 1. The highest BCUT2D eigenvalue weighted by Gasteiger charge is 2.32. The number of aliphatic hydroxyl groups excluding tert-OH is 1. The van der Waals surface area contributed by atoms with Crippen LogP contribution in [0.25, 0.3) is 0 Å². The second kappa shape index (κ2) is 4.92. The van der Waals surface area contributed by atoms with Crippen molar-refractivity contribution in [2.24, 2.45) is 0 Å². The van der Waals surface area contributed by atoms with E-state index in [1.807, 2.05) is 31.2 Å². The van der Waals surface area contributed by atoms with Crippen LogP contribution in [0.3, 0.4) is 0 Å². The first-order chi connectivity index (χ1) is 9.56. The van der Waals surface area contributed by atoms with E-state index in [0.717, 1.165) is 16.0 Å². The van der Waals surface area contributed by atoms with E-state index in [0.29, 0.717) is 17.0 Å². The van der Waals surface area contributed by atoms with Crippen molar-refractivity contribution >= 4 is 22.9 Å². The zero-order valence-corrected chi connectivity index (χ0v) is 11.9. The Morgan fingerprint density at radius 1 is 1.45 bits per heavy atom. The fraction of sp³-hybridized carbons (Fsp3) is 0.267. The van der Waals surface area contributed by atoms with Crippen molar-refractivity contribution in [1.82, 2.24) is 5.32 Å². The molecule has 4 N–H and O–H groups in total. The summed E-state index contributed by atoms with van der Waals surface area (Å²) in [5.74, 6) is -0.185. The van der Waals surface area contributed by atoms with Gasteiger partial charge in [-0.1, -0.05) is 24.3 Å². The smallest absolute Gasteiger partial charge is 0.262 e. The maximum atomic E-state index is 12.3. The minimum Gasteiger partial charge on any atom is -0.398 e. The molecule has 1 aromatic heterocycles. The van der Waals surface area contributed by atoms with Gasteiger partial charge in [-0.05, 0) is 24.1 Å². The summed E-state index contributed by atoms with van der Waals surface area (Å²) in [5.41, 5.74) is 8.49. The molecule has 2 atom stereocenters. The van der Waals surface area contributed by atoms with E-state index in [9.17, 15) is 9.90 Å². The summed E-state index contributed by atoms with van der Waals surface area (Å²) < 4.78 is 0. The summed E-state index contributed by atoms with van der Waals surface area (Å²) in [5, 5.41) is 13.0. The number of aryl methyl sites for hydroxylation is 1. The van der Waals surface area contributed by atoms with Gasteiger partial charge in [0.15, 0.2) is 0 Å². The Balaban J connectivity index is 1.83. The zero-order chi connectivity index (χ0) is 14.3. The quantitative estimate of drug-likeness (QED) is 0.791. The minimum absolute atomic E-state index is 0.185. The van der Waals surface area contributed by atoms with Crippen LogP contribution in [0, 0.1) is 6.92 Å². The predicted octanol–water partition coefficient (Wildman–Crippen LogP) is 2.03. The Labute approximate surface area is 121 Å². The predicted molar refractivity (Wildman–Crippen MR) is 79.8 cm³/mol. The SMILES string of the molecule is Cc1sc(C(=O)N[C@@H]2c3ccccc3C[C@@H]2O)cc1N. The van der Waals surface area contributed by atoms with E-state index in [-0.39, 0.29) is 11.9 Å². The number of hydrogen-bond donors (Lipinski definition) is 3. The topological polar surface area (TPSA) is 75.3 Å². The highest BCUT2D eigenvalue weighted by atomic mass is 32.1. The molecule has 0 spiro atoms. The van der Waals surface area contributed by atoms with Crippen LogP contribution < -0.4 is 11.1 Å². The molecule has 1 amide bonds. The fourth-order valence-electron chi connectivity index (χ4n) is 2.57. The van der Waals surface area contributed by atoms with Crippen LogP contribution in [0.5, 0.6) is 0 Å². The third kappa shape index (κ3) is 2.19. The Bertz CT molecular complexity index is 646. The van der Waals surface area contributed by atoms with Gasteiger partial charge in [0, 0.05) is 17.0 Å². The van der Waals surface area contributed by atoms with Gasteiger partial charge in [-0.2, -0.15) is 0 Å². The summed E-state index contributed by atoms with van der Waals surface area (Å²) in [6, 6.07) is 9.13. The standard InChI is InChI=1S/C15H16N2O2S/c1-8-11(16)7-13(20-8)15(19)17-14-10-5-3-2-4-9(10)6-12(14)18/h2-5,7,12,14,18H,6,16H2,1H3,(H,17,19)/t12-,14+/m0/s1. The second-order valence-corrected chi connectivity index (χ2v) is 6.30. The number of hydrogen-bond acceptors (Lipinski definition) is 4. The number of nitrogens with one attached hydrogen (secondary N) is 1. The average molecular weight is 288 g/mol. The van der Waals surface area contributed by atoms with Gasteiger partial charge < -0.3 is 16.2 Å². The van der Waals surface area contributed by atoms with Crippen LogP contribution in [0.1, 0.15) is 31.7 Å². The van der Waals surface area contributed by atoms with Gasteiger partial charge in [0.2, 0.25) is 0 Å². The number of anilines is 1. The summed E-state index contributed by atoms with van der Waals surface area (Å²) in [6.07, 6.45) is 0.00182. The lowest BCUT2D eigenvalue weighted by atomic mass is 10.1. The number of thiophene rings is 1. The number of rotatable bonds is 2. The number of fused-ring (bicyclic) bond motifs is 1. The molecule has 5 heteroatoms. The van der Waals surface area contributed by atoms with Crippen LogP contribution in [-0.4, -0.2) is 17.1 Å². The molecule has 0 unspecified atom stereocenters. The van der Waals surface area contributed by atoms with Crippen molar-refractivity contribution in [1.29, 1.82) is 0 Å². The monoisotopic (exact) mass is 288 g/mol. The number of nitrogens with two attached hydrogens (primary N) is 1. The lowest BCUT2D eigenvalue weighted by Gasteiger charge is -2.17. The number of aliphatic hydroxyl groups is 1. The molecular weight excluding hydrogens is 272 g/mol. The van der Waals surface area contributed by atoms with Gasteiger partial charge in [-0.3, -0.25) is 4.79 Å². The van der Waals surface area contributed by atoms with Crippen molar-refractivity contribution in [3.8, 4) is 0 Å². The molecule has 4 nitrogen and oxygen atoms in total. The van der Waals surface area contributed by atoms with Crippen molar-refractivity contribution in [3.05, 3.63) is 51.2 Å². The third-order valence-electron chi connectivity index (χ3n) is 3.67. The van der Waals surface area contributed by atoms with Crippen molar-refractivity contribution in [2.75, 3.05) is 5.73 Å². The normalized spacial score (nSPS) is 20.7. The van der Waals surface area contributed by atoms with Gasteiger partial charge in [0.1, 0.15) is 0 Å². The molecular formula is C15H16N2O2S. The van der Waals surface area contributed by atoms with E-state index in [1.165, 1.54) is 11.3 Å². The van der Waals surface area contributed by atoms with Crippen LogP contribution in [-0.2, 0) is 6.42 Å². The maximum Gasteiger partial charge on any atom is 0.262 e. The van der Waals surface area contributed by atoms with Crippen molar-refractivity contribution in [2.45, 2.75) is 25.5 Å². The number of carbonyl (C=O) groups excluding carboxylic acids is 1. The number of carbonyl (C=O) groups is 1. The fourth-order valence-corrected chi connectivity index (χ4v) is 3.41. The van der Waals surface area contributed by atoms with Crippen LogP contribution in [0.4, 0.5) is 5.69 Å². The number of nitrogen functional groups attached to an aromatic ring is 1. The molecule has 2 aromatic rings. The zero-order valence-electron chi connectivity index (χ0n) is 11.1. The molecule has 0 bridgehead atoms. The van der Waals surface area contributed by atoms with Crippen molar-refractivity contribution in [3.63, 3.8) is 0 Å². The Morgan fingerprint density at radius 2 is 2.20 bits per heavy atom. The molecule has 1 aliphatic carbocycles. The largest absolute Gasteiger partial charge is 0.398 e. The van der Waals surface area contributed by atoms with Gasteiger partial charge in [0.05, 0.1) is 17.0 Å². The van der Waals surface area contributed by atoms with Gasteiger partial charge >= 0.3 is 0 Å². The molecule has 0 saturated carbocycles. The van der Waals surface area contributed by atoms with E-state index in [4.69, 9.17) is 5.73 Å². The first kappa shape index (κ1) is 13.1. The molecule has 104 valence electrons. The number of benzene rings is 1. The van der Waals surface area contributed by atoms with E-state index in [2.05, 4.69) is 5.32 Å². The molecule has 0 saturated heterocycles. The molecule has 0 fully saturated rings. The highest BCUT2D eigenvalue weighted by molar-refractivity contribution is 7.14. The molecule has 1 aliphatic rings. The highest BCUT2D eigenvalue weighted by Crippen LogP contribution is 2.32. The molecule has 3 rings (SSSR count). The minimum atomic E-state index is -0.574. The first-order valence-electron chi connectivity index (χ1n) is 6.49. The van der Waals surface area contributed by atoms with Crippen LogP contribution in [0.2, 0.25) is 0 Å². The lowest BCUT2D eigenvalue weighted by Crippen LogP contribution is -2.33. The van der Waals surface area contributed by atoms with E-state index >= 15 is 0 Å². The van der Waals surface area contributed by atoms with Gasteiger partial charge in [-0.25, -0.2) is 0 Å². The summed E-state index contributed by atoms with van der Waals surface area (Å²) in [7, 11) is 0. The molecule has 1 aromatic carbocycles. The van der Waals surface area contributed by atoms with Gasteiger partial charge in [-0.15, -0.1) is 11.3 Å². The first-order valence-corrected chi connectivity index (χ1v) is 7.30. The van der Waals surface area contributed by atoms with E-state index in [1.54, 1.807) is 6.07 Å². The molecule has 20 heavy (non-hydrogen) atoms. The third-order valence-corrected chi connectivity index (χ3v) is 4.74. The second-order valence-electron chi connectivity index (χ2n) is 5.04. The Hall–Kier alpha value is -1.85. The van der Waals surface area contributed by atoms with Crippen LogP contribution in [0.15, 0.2) is 30.3 Å². The van der Waals surface area contributed by atoms with Gasteiger partial charge in [0.25, 0.3) is 5.91 Å². The Morgan fingerprint density at radius 3 is 2.90 bits per heavy atom. The van der Waals surface area contributed by atoms with Crippen molar-refractivity contribution < 1.29 is 9.90 Å². The van der Waals surface area contributed by atoms with Crippen LogP contribution >= 0.6 is 11.3 Å². The van der Waals surface area contributed by atoms with E-state index < -0.39 is 6.10 Å². The summed E-state index contributed by atoms with van der Waals surface area (Å²) >= 11 is 1.37. The lowest BCUT2D eigenvalue weighted by molar-refractivity contribution is 0.0862.